The van der Waals surface area contributed by atoms with E-state index in [-0.39, 0.29) is 23.5 Å². The molecular formula is C17H18IN3O5. The molecule has 0 unspecified atom stereocenters. The van der Waals surface area contributed by atoms with Crippen LogP contribution in [-0.2, 0) is 20.8 Å². The topological polar surface area (TPSA) is 99.5 Å². The number of esters is 2. The van der Waals surface area contributed by atoms with Crippen molar-refractivity contribution in [3.63, 3.8) is 0 Å². The minimum absolute atomic E-state index is 0.142. The lowest BCUT2D eigenvalue weighted by Gasteiger charge is -2.10. The summed E-state index contributed by atoms with van der Waals surface area (Å²) in [5, 5.41) is 6.88. The molecule has 2 aromatic rings. The molecule has 0 spiro atoms. The van der Waals surface area contributed by atoms with Crippen molar-refractivity contribution in [2.24, 2.45) is 0 Å². The molecule has 0 bridgehead atoms. The lowest BCUT2D eigenvalue weighted by Crippen LogP contribution is -2.17. The number of methoxy groups -OCH3 is 2. The molecule has 1 aromatic carbocycles. The third kappa shape index (κ3) is 4.81. The van der Waals surface area contributed by atoms with E-state index in [1.54, 1.807) is 10.9 Å². The summed E-state index contributed by atoms with van der Waals surface area (Å²) >= 11 is 2.18. The number of halogens is 1. The fourth-order valence-electron chi connectivity index (χ4n) is 2.25. The van der Waals surface area contributed by atoms with Crippen molar-refractivity contribution < 1.29 is 23.9 Å². The van der Waals surface area contributed by atoms with Gasteiger partial charge in [-0.3, -0.25) is 9.48 Å². The molecule has 0 atom stereocenters. The number of benzene rings is 1. The molecular weight excluding hydrogens is 453 g/mol. The molecule has 1 heterocycles. The lowest BCUT2D eigenvalue weighted by atomic mass is 10.1. The van der Waals surface area contributed by atoms with E-state index in [4.69, 9.17) is 0 Å². The third-order valence-electron chi connectivity index (χ3n) is 3.65. The van der Waals surface area contributed by atoms with E-state index in [1.165, 1.54) is 32.4 Å². The van der Waals surface area contributed by atoms with Crippen molar-refractivity contribution in [1.29, 1.82) is 0 Å². The van der Waals surface area contributed by atoms with Crippen LogP contribution in [0.4, 0.5) is 5.69 Å². The van der Waals surface area contributed by atoms with Crippen LogP contribution in [0.1, 0.15) is 32.8 Å². The van der Waals surface area contributed by atoms with E-state index in [2.05, 4.69) is 42.5 Å². The molecule has 1 N–H and O–H groups in total. The Hall–Kier alpha value is -2.43. The van der Waals surface area contributed by atoms with E-state index >= 15 is 0 Å². The fourth-order valence-corrected chi connectivity index (χ4v) is 2.65. The van der Waals surface area contributed by atoms with E-state index < -0.39 is 11.9 Å². The Morgan fingerprint density at radius 3 is 2.15 bits per heavy atom. The van der Waals surface area contributed by atoms with Crippen molar-refractivity contribution in [2.75, 3.05) is 19.5 Å². The van der Waals surface area contributed by atoms with E-state index in [9.17, 15) is 14.4 Å². The van der Waals surface area contributed by atoms with Crippen LogP contribution < -0.4 is 5.32 Å². The van der Waals surface area contributed by atoms with Gasteiger partial charge in [0.1, 0.15) is 0 Å². The van der Waals surface area contributed by atoms with Crippen LogP contribution in [-0.4, -0.2) is 41.8 Å². The molecule has 0 aliphatic rings. The van der Waals surface area contributed by atoms with Crippen molar-refractivity contribution in [2.45, 2.75) is 19.9 Å². The second kappa shape index (κ2) is 8.79. The molecule has 0 aliphatic carbocycles. The first-order valence-electron chi connectivity index (χ1n) is 7.65. The van der Waals surface area contributed by atoms with Gasteiger partial charge in [0.15, 0.2) is 0 Å². The predicted molar refractivity (Wildman–Crippen MR) is 102 cm³/mol. The summed E-state index contributed by atoms with van der Waals surface area (Å²) in [4.78, 5) is 35.8. The number of carbonyl (C=O) groups excluding carboxylic acids is 3. The van der Waals surface area contributed by atoms with E-state index in [0.717, 1.165) is 9.26 Å². The number of carbonyl (C=O) groups is 3. The normalized spacial score (nSPS) is 10.3. The van der Waals surface area contributed by atoms with Crippen LogP contribution in [0.5, 0.6) is 0 Å². The summed E-state index contributed by atoms with van der Waals surface area (Å²) < 4.78 is 12.1. The van der Waals surface area contributed by atoms with Crippen molar-refractivity contribution >= 4 is 46.1 Å². The lowest BCUT2D eigenvalue weighted by molar-refractivity contribution is -0.116. The summed E-state index contributed by atoms with van der Waals surface area (Å²) in [7, 11) is 2.47. The quantitative estimate of drug-likeness (QED) is 0.513. The molecule has 8 nitrogen and oxygen atoms in total. The van der Waals surface area contributed by atoms with E-state index in [0.29, 0.717) is 12.2 Å². The minimum atomic E-state index is -0.618. The van der Waals surface area contributed by atoms with Gasteiger partial charge in [0.25, 0.3) is 0 Å². The average molecular weight is 471 g/mol. The molecule has 0 radical (unpaired) electrons. The Labute approximate surface area is 164 Å². The summed E-state index contributed by atoms with van der Waals surface area (Å²) in [6.45, 7) is 2.34. The number of rotatable bonds is 6. The molecule has 0 saturated heterocycles. The van der Waals surface area contributed by atoms with Gasteiger partial charge in [0.05, 0.1) is 41.7 Å². The zero-order valence-electron chi connectivity index (χ0n) is 14.5. The zero-order valence-corrected chi connectivity index (χ0v) is 16.7. The summed E-state index contributed by atoms with van der Waals surface area (Å²) in [6, 6.07) is 4.24. The van der Waals surface area contributed by atoms with Gasteiger partial charge in [-0.25, -0.2) is 9.59 Å². The van der Waals surface area contributed by atoms with Gasteiger partial charge < -0.3 is 14.8 Å². The number of amides is 1. The predicted octanol–water partition coefficient (Wildman–Crippen LogP) is 2.40. The molecule has 1 aromatic heterocycles. The Balaban J connectivity index is 2.13. The van der Waals surface area contributed by atoms with Gasteiger partial charge in [-0.1, -0.05) is 0 Å². The van der Waals surface area contributed by atoms with Crippen LogP contribution in [0.2, 0.25) is 0 Å². The zero-order chi connectivity index (χ0) is 19.3. The second-order valence-electron chi connectivity index (χ2n) is 5.38. The van der Waals surface area contributed by atoms with Crippen molar-refractivity contribution in [3.05, 3.63) is 44.8 Å². The Morgan fingerprint density at radius 1 is 1.12 bits per heavy atom. The van der Waals surface area contributed by atoms with Crippen molar-refractivity contribution in [3.8, 4) is 0 Å². The highest BCUT2D eigenvalue weighted by molar-refractivity contribution is 14.1. The van der Waals surface area contributed by atoms with Gasteiger partial charge in [0.2, 0.25) is 5.91 Å². The number of nitrogens with zero attached hydrogens (tertiary/aromatic N) is 2. The van der Waals surface area contributed by atoms with Crippen LogP contribution in [0.3, 0.4) is 0 Å². The summed E-state index contributed by atoms with van der Waals surface area (Å²) in [5.41, 5.74) is 1.58. The highest BCUT2D eigenvalue weighted by Gasteiger charge is 2.15. The first-order chi connectivity index (χ1) is 12.3. The first-order valence-corrected chi connectivity index (χ1v) is 8.73. The van der Waals surface area contributed by atoms with Gasteiger partial charge in [-0.05, 0) is 47.7 Å². The number of hydrogen-bond donors (Lipinski definition) is 1. The summed E-state index contributed by atoms with van der Waals surface area (Å²) in [5.74, 6) is -1.51. The van der Waals surface area contributed by atoms with E-state index in [1.807, 2.05) is 6.92 Å². The molecule has 0 aliphatic heterocycles. The largest absolute Gasteiger partial charge is 0.465 e. The first kappa shape index (κ1) is 19.9. The molecule has 26 heavy (non-hydrogen) atoms. The minimum Gasteiger partial charge on any atom is -0.465 e. The average Bonchev–Trinajstić information content (AvgIpc) is 2.96. The van der Waals surface area contributed by atoms with Crippen molar-refractivity contribution in [1.82, 2.24) is 9.78 Å². The highest BCUT2D eigenvalue weighted by atomic mass is 127. The number of ether oxygens (including phenoxy) is 2. The Morgan fingerprint density at radius 2 is 1.69 bits per heavy atom. The molecule has 0 fully saturated rings. The number of anilines is 1. The van der Waals surface area contributed by atoms with Crippen LogP contribution in [0.25, 0.3) is 0 Å². The maximum Gasteiger partial charge on any atom is 0.337 e. The smallest absolute Gasteiger partial charge is 0.337 e. The standard InChI is InChI=1S/C17H18IN3O5/c1-10-14(18)9-19-21(10)5-4-15(22)20-13-7-11(16(23)25-2)6-12(8-13)17(24)26-3/h6-9H,4-5H2,1-3H3,(H,20,22). The third-order valence-corrected chi connectivity index (χ3v) is 4.71. The van der Waals surface area contributed by atoms with Crippen LogP contribution >= 0.6 is 22.6 Å². The van der Waals surface area contributed by atoms with Gasteiger partial charge in [0, 0.05) is 17.8 Å². The highest BCUT2D eigenvalue weighted by Crippen LogP contribution is 2.17. The number of aryl methyl sites for hydroxylation is 1. The monoisotopic (exact) mass is 471 g/mol. The van der Waals surface area contributed by atoms with Gasteiger partial charge >= 0.3 is 11.9 Å². The van der Waals surface area contributed by atoms with Crippen LogP contribution in [0.15, 0.2) is 24.4 Å². The Kier molecular flexibility index (Phi) is 6.72. The second-order valence-corrected chi connectivity index (χ2v) is 6.54. The van der Waals surface area contributed by atoms with Gasteiger partial charge in [-0.2, -0.15) is 5.10 Å². The van der Waals surface area contributed by atoms with Crippen LogP contribution in [0, 0.1) is 10.5 Å². The number of aromatic nitrogens is 2. The molecule has 2 rings (SSSR count). The SMILES string of the molecule is COC(=O)c1cc(NC(=O)CCn2ncc(I)c2C)cc(C(=O)OC)c1. The number of nitrogens with one attached hydrogen (secondary N) is 1. The maximum absolute atomic E-state index is 12.2. The molecule has 0 saturated carbocycles. The Bertz CT molecular complexity index is 813. The van der Waals surface area contributed by atoms with Gasteiger partial charge in [-0.15, -0.1) is 0 Å². The fraction of sp³-hybridized carbons (Fsp3) is 0.294. The maximum atomic E-state index is 12.2. The summed E-state index contributed by atoms with van der Waals surface area (Å²) in [6.07, 6.45) is 1.92. The molecule has 1 amide bonds. The molecule has 9 heteroatoms. The molecule has 138 valence electrons. The number of hydrogen-bond acceptors (Lipinski definition) is 6.